The molecule has 98 valence electrons. The van der Waals surface area contributed by atoms with E-state index < -0.39 is 36.7 Å². The zero-order valence-electron chi connectivity index (χ0n) is 8.61. The van der Waals surface area contributed by atoms with Crippen molar-refractivity contribution in [1.29, 1.82) is 0 Å². The van der Waals surface area contributed by atoms with Gasteiger partial charge in [0.05, 0.1) is 6.20 Å². The number of aromatic nitrogens is 4. The van der Waals surface area contributed by atoms with Crippen LogP contribution in [0, 0.1) is 0 Å². The van der Waals surface area contributed by atoms with Crippen LogP contribution in [-0.2, 0) is 0 Å². The third-order valence-corrected chi connectivity index (χ3v) is 1.90. The Morgan fingerprint density at radius 3 is 2.72 bits per heavy atom. The van der Waals surface area contributed by atoms with Crippen LogP contribution in [0.1, 0.15) is 12.1 Å². The smallest absolute Gasteiger partial charge is 0.314 e. The third kappa shape index (κ3) is 2.41. The average Bonchev–Trinajstić information content (AvgIpc) is 2.71. The molecule has 2 rings (SSSR count). The first-order chi connectivity index (χ1) is 8.47. The van der Waals surface area contributed by atoms with E-state index in [-0.39, 0.29) is 5.65 Å². The summed E-state index contributed by atoms with van der Waals surface area (Å²) in [7, 11) is 0. The van der Waals surface area contributed by atoms with Crippen LogP contribution in [0.3, 0.4) is 0 Å². The summed E-state index contributed by atoms with van der Waals surface area (Å²) in [6.07, 6.45) is -4.79. The van der Waals surface area contributed by atoms with Gasteiger partial charge in [0.15, 0.2) is 6.61 Å². The number of halogens is 4. The van der Waals surface area contributed by atoms with Gasteiger partial charge in [0, 0.05) is 0 Å². The van der Waals surface area contributed by atoms with Crippen molar-refractivity contribution < 1.29 is 22.3 Å². The average molecular weight is 266 g/mol. The normalized spacial score (nSPS) is 11.7. The lowest BCUT2D eigenvalue weighted by Crippen LogP contribution is -2.17. The molecule has 0 aliphatic rings. The number of H-pyrrole nitrogens is 1. The zero-order valence-corrected chi connectivity index (χ0v) is 8.61. The maximum atomic E-state index is 12.3. The van der Waals surface area contributed by atoms with Gasteiger partial charge in [-0.3, -0.25) is 9.78 Å². The van der Waals surface area contributed by atoms with Crippen molar-refractivity contribution >= 4 is 5.65 Å². The van der Waals surface area contributed by atoms with Gasteiger partial charge in [0.25, 0.3) is 18.4 Å². The molecule has 1 N–H and O–H groups in total. The van der Waals surface area contributed by atoms with Crippen molar-refractivity contribution in [1.82, 2.24) is 19.6 Å². The van der Waals surface area contributed by atoms with Gasteiger partial charge in [0.1, 0.15) is 5.69 Å². The lowest BCUT2D eigenvalue weighted by molar-refractivity contribution is 0.0761. The van der Waals surface area contributed by atoms with E-state index in [0.29, 0.717) is 0 Å². The molecular weight excluding hydrogens is 260 g/mol. The van der Waals surface area contributed by atoms with Crippen LogP contribution in [0.5, 0.6) is 6.01 Å². The molecular formula is C8H6F4N4O2. The lowest BCUT2D eigenvalue weighted by atomic mass is 10.5. The molecule has 0 radical (unpaired) electrons. The summed E-state index contributed by atoms with van der Waals surface area (Å²) in [6.45, 7) is -0.967. The van der Waals surface area contributed by atoms with Crippen LogP contribution in [0.2, 0.25) is 0 Å². The molecule has 6 nitrogen and oxygen atoms in total. The molecule has 0 aliphatic heterocycles. The fourth-order valence-electron chi connectivity index (χ4n) is 1.21. The van der Waals surface area contributed by atoms with Gasteiger partial charge < -0.3 is 4.74 Å². The fraction of sp³-hybridized carbons (Fsp3) is 0.375. The van der Waals surface area contributed by atoms with Crippen molar-refractivity contribution in [3.63, 3.8) is 0 Å². The monoisotopic (exact) mass is 266 g/mol. The van der Waals surface area contributed by atoms with E-state index >= 15 is 0 Å². The Balaban J connectivity index is 2.39. The molecule has 2 heterocycles. The van der Waals surface area contributed by atoms with Crippen LogP contribution in [0.4, 0.5) is 17.6 Å². The van der Waals surface area contributed by atoms with E-state index in [1.807, 2.05) is 4.98 Å². The molecule has 2 aromatic heterocycles. The van der Waals surface area contributed by atoms with Gasteiger partial charge >= 0.3 is 6.01 Å². The van der Waals surface area contributed by atoms with Crippen LogP contribution in [0.15, 0.2) is 11.0 Å². The highest BCUT2D eigenvalue weighted by atomic mass is 19.3. The molecule has 0 amide bonds. The highest BCUT2D eigenvalue weighted by Gasteiger charge is 2.15. The van der Waals surface area contributed by atoms with Crippen LogP contribution in [-0.4, -0.2) is 32.6 Å². The summed E-state index contributed by atoms with van der Waals surface area (Å²) in [6, 6.07) is -0.494. The molecule has 0 saturated heterocycles. The van der Waals surface area contributed by atoms with Gasteiger partial charge in [-0.2, -0.15) is 0 Å². The minimum atomic E-state index is -2.86. The lowest BCUT2D eigenvalue weighted by Gasteiger charge is -2.03. The number of rotatable bonds is 4. The predicted octanol–water partition coefficient (Wildman–Crippen LogP) is 0.999. The van der Waals surface area contributed by atoms with Crippen molar-refractivity contribution in [2.75, 3.05) is 6.61 Å². The van der Waals surface area contributed by atoms with Gasteiger partial charge in [-0.1, -0.05) is 0 Å². The molecule has 0 aliphatic carbocycles. The van der Waals surface area contributed by atoms with E-state index in [4.69, 9.17) is 0 Å². The molecule has 0 bridgehead atoms. The topological polar surface area (TPSA) is 72.3 Å². The Hall–Kier alpha value is -2.13. The zero-order chi connectivity index (χ0) is 13.3. The molecule has 0 saturated carbocycles. The largest absolute Gasteiger partial charge is 0.458 e. The first-order valence-corrected chi connectivity index (χ1v) is 4.66. The maximum Gasteiger partial charge on any atom is 0.314 e. The Morgan fingerprint density at radius 1 is 1.39 bits per heavy atom. The summed E-state index contributed by atoms with van der Waals surface area (Å²) in [5, 5.41) is 3.52. The van der Waals surface area contributed by atoms with Gasteiger partial charge in [0.2, 0.25) is 5.65 Å². The number of imidazole rings is 1. The fourth-order valence-corrected chi connectivity index (χ4v) is 1.21. The number of alkyl halides is 4. The standard InChI is InChI=1S/C8H6F4N4O2/c9-4(10)2-18-8-14-7(17)6-13-3(5(11)12)1-16(6)15-8/h1,4-5H,2H2,(H,14,15,17). The number of ether oxygens (including phenoxy) is 1. The van der Waals surface area contributed by atoms with Crippen molar-refractivity contribution in [2.45, 2.75) is 12.9 Å². The van der Waals surface area contributed by atoms with Crippen molar-refractivity contribution in [2.24, 2.45) is 0 Å². The molecule has 0 fully saturated rings. The number of aromatic amines is 1. The number of fused-ring (bicyclic) bond motifs is 1. The third-order valence-electron chi connectivity index (χ3n) is 1.90. The Kier molecular flexibility index (Phi) is 3.17. The van der Waals surface area contributed by atoms with Crippen molar-refractivity contribution in [3.05, 3.63) is 22.2 Å². The number of nitrogens with zero attached hydrogens (tertiary/aromatic N) is 3. The quantitative estimate of drug-likeness (QED) is 0.838. The van der Waals surface area contributed by atoms with Crippen LogP contribution < -0.4 is 10.3 Å². The number of nitrogens with one attached hydrogen (secondary N) is 1. The maximum absolute atomic E-state index is 12.3. The van der Waals surface area contributed by atoms with Crippen LogP contribution in [0.25, 0.3) is 5.65 Å². The summed E-state index contributed by atoms with van der Waals surface area (Å²) >= 11 is 0. The Bertz CT molecular complexity index is 609. The minimum absolute atomic E-state index is 0.366. The minimum Gasteiger partial charge on any atom is -0.458 e. The second-order valence-electron chi connectivity index (χ2n) is 3.20. The summed E-state index contributed by atoms with van der Waals surface area (Å²) in [4.78, 5) is 16.7. The molecule has 2 aromatic rings. The Morgan fingerprint density at radius 2 is 2.11 bits per heavy atom. The molecule has 10 heteroatoms. The summed E-state index contributed by atoms with van der Waals surface area (Å²) < 4.78 is 53.7. The molecule has 0 aromatic carbocycles. The summed E-state index contributed by atoms with van der Waals surface area (Å²) in [5.74, 6) is 0. The predicted molar refractivity (Wildman–Crippen MR) is 50.1 cm³/mol. The number of hydrogen-bond donors (Lipinski definition) is 1. The SMILES string of the molecule is O=c1[nH]c(OCC(F)F)nn2cc(C(F)F)nc12. The second-order valence-corrected chi connectivity index (χ2v) is 3.20. The van der Waals surface area contributed by atoms with E-state index in [1.165, 1.54) is 0 Å². The van der Waals surface area contributed by atoms with E-state index in [1.54, 1.807) is 0 Å². The first-order valence-electron chi connectivity index (χ1n) is 4.66. The van der Waals surface area contributed by atoms with Gasteiger partial charge in [-0.05, 0) is 0 Å². The highest BCUT2D eigenvalue weighted by molar-refractivity contribution is 5.36. The molecule has 0 unspecified atom stereocenters. The first kappa shape index (κ1) is 12.3. The second kappa shape index (κ2) is 4.63. The van der Waals surface area contributed by atoms with E-state index in [2.05, 4.69) is 14.8 Å². The van der Waals surface area contributed by atoms with E-state index in [0.717, 1.165) is 10.7 Å². The summed E-state index contributed by atoms with van der Waals surface area (Å²) in [5.41, 5.74) is -1.87. The van der Waals surface area contributed by atoms with E-state index in [9.17, 15) is 22.4 Å². The van der Waals surface area contributed by atoms with Gasteiger partial charge in [-0.15, -0.1) is 5.10 Å². The van der Waals surface area contributed by atoms with Gasteiger partial charge in [-0.25, -0.2) is 27.1 Å². The highest BCUT2D eigenvalue weighted by Crippen LogP contribution is 2.16. The molecule has 0 atom stereocenters. The molecule has 0 spiro atoms. The van der Waals surface area contributed by atoms with Crippen LogP contribution >= 0.6 is 0 Å². The molecule has 18 heavy (non-hydrogen) atoms. The Labute approximate surface area is 96.2 Å². The van der Waals surface area contributed by atoms with Crippen molar-refractivity contribution in [3.8, 4) is 6.01 Å². The number of hydrogen-bond acceptors (Lipinski definition) is 4.